The molecule has 3 aromatic rings. The number of carbonyl (C=O) groups is 16. The standard InChI is InChI=1S/C86H134N26O19S2/c1-3-4-5-6-7-8-9-10-18-57(101-70(116)55(88)43-52-44-95-48-99-52)74(120)108-64-46-132-133-47-65(79(125)107-62(41-50-25-29-53(113)30-26-50)76(122)104-60(33-34-69(90)115)75(121)105-61(19-11-12-35-87)82(128)111-39-16-23-67(111)83(129)112-40-17-24-68(112)84(130)131)109-77(123)63(42-51-27-31-54(114)32-28-51)106-73(119)59(21-14-37-97-86(93)94)102-71(117)56(89)45-98-80(126)66-22-15-38-110(66)81(127)49(2)100-72(118)58(103-78(64)124)20-13-36-96-85(91)92/h25-32,44,48-49,55-68,113-114H,3-24,33-43,45-47,87-89H2,1-2H3,(H2,90,115)(H,95,99)(H,98,126)(H,100,118)(H,101,116)(H,102,117)(H,103,124)(H,104,122)(H,105,121)(H,106,119)(H,107,125)(H,108,120)(H,109,123)(H,130,131)(H4,91,92,96)(H4,93,94,97)/t49-,55-,56+,57-,58-,59-,60-,61-,62-,63-,64-,65-,66+,67+,68-/m0/s1. The molecule has 2 aromatic carbocycles. The number of likely N-dealkylation sites (tertiary alicyclic amines) is 2. The number of phenolic OH excluding ortho intramolecular Hbond substituents is 2. The zero-order chi connectivity index (χ0) is 97.2. The molecule has 45 nitrogen and oxygen atoms in total. The number of aromatic amines is 1. The Hall–Kier alpha value is -12.1. The molecule has 4 aliphatic heterocycles. The molecule has 31 N–H and O–H groups in total. The van der Waals surface area contributed by atoms with E-state index in [2.05, 4.69) is 86.0 Å². The lowest BCUT2D eigenvalue weighted by atomic mass is 10.0. The van der Waals surface area contributed by atoms with Crippen LogP contribution in [-0.2, 0) is 96.0 Å². The Morgan fingerprint density at radius 3 is 1.73 bits per heavy atom. The number of H-pyrrole nitrogens is 1. The van der Waals surface area contributed by atoms with Gasteiger partial charge in [0.2, 0.25) is 88.6 Å². The number of primary amides is 1. The van der Waals surface area contributed by atoms with Gasteiger partial charge in [-0.3, -0.25) is 82.7 Å². The van der Waals surface area contributed by atoms with E-state index in [4.69, 9.17) is 45.2 Å². The van der Waals surface area contributed by atoms with E-state index in [0.29, 0.717) is 49.8 Å². The highest BCUT2D eigenvalue weighted by Gasteiger charge is 2.46. The summed E-state index contributed by atoms with van der Waals surface area (Å²) in [5.41, 5.74) is 36.8. The van der Waals surface area contributed by atoms with E-state index in [0.717, 1.165) is 60.1 Å². The molecule has 1 aromatic heterocycles. The van der Waals surface area contributed by atoms with Gasteiger partial charge in [-0.05, 0) is 145 Å². The fourth-order valence-corrected chi connectivity index (χ4v) is 18.2. The van der Waals surface area contributed by atoms with Crippen LogP contribution in [0.2, 0.25) is 0 Å². The van der Waals surface area contributed by atoms with Crippen molar-refractivity contribution in [3.05, 3.63) is 77.9 Å². The molecule has 4 aliphatic rings. The summed E-state index contributed by atoms with van der Waals surface area (Å²) in [5.74, 6) is -17.2. The van der Waals surface area contributed by atoms with Crippen molar-refractivity contribution in [2.45, 2.75) is 278 Å². The minimum absolute atomic E-state index is 0.00675. The van der Waals surface area contributed by atoms with Crippen LogP contribution in [0.25, 0.3) is 0 Å². The minimum Gasteiger partial charge on any atom is -0.508 e. The van der Waals surface area contributed by atoms with Crippen molar-refractivity contribution in [3.63, 3.8) is 0 Å². The number of guanidine groups is 2. The van der Waals surface area contributed by atoms with E-state index in [1.807, 2.05) is 0 Å². The van der Waals surface area contributed by atoms with Gasteiger partial charge < -0.3 is 139 Å². The quantitative estimate of drug-likeness (QED) is 0.0113. The first kappa shape index (κ1) is 108. The maximum Gasteiger partial charge on any atom is 0.326 e. The van der Waals surface area contributed by atoms with Gasteiger partial charge in [-0.2, -0.15) is 0 Å². The zero-order valence-corrected chi connectivity index (χ0v) is 77.0. The fraction of sp³-hybridized carbons (Fsp3) is 0.616. The number of aromatic hydroxyl groups is 2. The average Bonchev–Trinajstić information content (AvgIpc) is 1.66. The maximum absolute atomic E-state index is 15.9. The summed E-state index contributed by atoms with van der Waals surface area (Å²) in [6.07, 6.45) is 9.55. The van der Waals surface area contributed by atoms with Gasteiger partial charge in [0.05, 0.1) is 12.4 Å². The van der Waals surface area contributed by atoms with Crippen LogP contribution in [0.5, 0.6) is 11.5 Å². The number of hydrogen-bond donors (Lipinski definition) is 25. The highest BCUT2D eigenvalue weighted by molar-refractivity contribution is 8.76. The number of fused-ring (bicyclic) bond motifs is 1. The third kappa shape index (κ3) is 36.1. The van der Waals surface area contributed by atoms with Crippen LogP contribution in [0.15, 0.2) is 61.1 Å². The summed E-state index contributed by atoms with van der Waals surface area (Å²) in [6.45, 7) is 3.26. The molecular weight excluding hydrogens is 1770 g/mol. The molecular formula is C86H134N26O19S2. The van der Waals surface area contributed by atoms with Gasteiger partial charge in [0.25, 0.3) is 0 Å². The second-order valence-corrected chi connectivity index (χ2v) is 36.3. The fourth-order valence-electron chi connectivity index (χ4n) is 15.9. The number of aromatic nitrogens is 2. The largest absolute Gasteiger partial charge is 0.508 e. The number of amides is 15. The van der Waals surface area contributed by atoms with Gasteiger partial charge in [-0.15, -0.1) is 0 Å². The second kappa shape index (κ2) is 56.0. The number of phenols is 2. The van der Waals surface area contributed by atoms with E-state index in [1.54, 1.807) is 0 Å². The highest BCUT2D eigenvalue weighted by Crippen LogP contribution is 2.29. The summed E-state index contributed by atoms with van der Waals surface area (Å²) >= 11 is 0. The van der Waals surface area contributed by atoms with Crippen molar-refractivity contribution in [2.75, 3.05) is 57.3 Å². The Bertz CT molecular complexity index is 4430. The van der Waals surface area contributed by atoms with Gasteiger partial charge in [0.15, 0.2) is 11.9 Å². The van der Waals surface area contributed by atoms with Gasteiger partial charge in [-0.1, -0.05) is 104 Å². The first-order valence-corrected chi connectivity index (χ1v) is 47.9. The Labute approximate surface area is 779 Å². The van der Waals surface area contributed by atoms with E-state index in [-0.39, 0.29) is 127 Å². The Morgan fingerprint density at radius 1 is 0.571 bits per heavy atom. The number of nitrogens with one attached hydrogen (secondary N) is 16. The molecule has 47 heteroatoms. The van der Waals surface area contributed by atoms with Crippen LogP contribution >= 0.6 is 21.6 Å². The number of hydrogen-bond acceptors (Lipinski definition) is 26. The molecule has 0 unspecified atom stereocenters. The minimum atomic E-state index is -1.88. The lowest BCUT2D eigenvalue weighted by Gasteiger charge is -2.33. The van der Waals surface area contributed by atoms with E-state index >= 15 is 33.6 Å². The molecule has 4 saturated heterocycles. The third-order valence-corrected chi connectivity index (χ3v) is 25.7. The zero-order valence-electron chi connectivity index (χ0n) is 75.3. The number of benzene rings is 2. The van der Waals surface area contributed by atoms with Crippen molar-refractivity contribution in [1.82, 2.24) is 93.8 Å². The normalized spacial score (nSPS) is 22.1. The molecule has 7 rings (SSSR count). The van der Waals surface area contributed by atoms with Crippen LogP contribution in [0.3, 0.4) is 0 Å². The lowest BCUT2D eigenvalue weighted by Crippen LogP contribution is -2.61. The van der Waals surface area contributed by atoms with Gasteiger partial charge in [-0.25, -0.2) is 9.78 Å². The number of imidazole rings is 1. The predicted molar refractivity (Wildman–Crippen MR) is 493 cm³/mol. The van der Waals surface area contributed by atoms with Crippen LogP contribution in [-0.4, -0.2) is 294 Å². The first-order valence-electron chi connectivity index (χ1n) is 45.4. The molecule has 15 atom stereocenters. The van der Waals surface area contributed by atoms with E-state index in [1.165, 1.54) is 82.7 Å². The van der Waals surface area contributed by atoms with Crippen molar-refractivity contribution in [2.24, 2.45) is 34.4 Å². The molecule has 0 bridgehead atoms. The topological polar surface area (TPSA) is 732 Å². The predicted octanol–water partition coefficient (Wildman–Crippen LogP) is -3.61. The van der Waals surface area contributed by atoms with Crippen molar-refractivity contribution < 1.29 is 92.0 Å². The summed E-state index contributed by atoms with van der Waals surface area (Å²) in [4.78, 5) is 244. The van der Waals surface area contributed by atoms with Gasteiger partial charge in [0.1, 0.15) is 96.1 Å². The number of nitrogens with two attached hydrogens (primary N) is 6. The van der Waals surface area contributed by atoms with E-state index in [9.17, 15) is 58.5 Å². The summed E-state index contributed by atoms with van der Waals surface area (Å²) in [7, 11) is 1.62. The smallest absolute Gasteiger partial charge is 0.326 e. The van der Waals surface area contributed by atoms with Crippen LogP contribution in [0.1, 0.15) is 185 Å². The maximum atomic E-state index is 15.9. The SMILES string of the molecule is CCCCCCCCCC[C@H](NC(=O)[C@@H](N)Cc1cnc[nH]1)C(=O)N[C@H]1CSSC[C@@H](C(=O)N[C@@H](Cc2ccc(O)cc2)C(=O)N[C@@H](CCC(N)=O)C(=O)N[C@@H](CCCCN)C(=O)N2CCC[C@@H]2C(=O)N2CCC[C@H]2C(=O)O)NC(=O)[C@H](Cc2ccc(O)cc2)NC(=O)[C@H](CCCNC(=N)N)NC(=O)[C@H](N)CNC(=O)[C@H]2CCCN2C(=O)[C@H](C)NC(=O)[C@H](CCCNC(=N)N)NC1=O. The molecule has 0 radical (unpaired) electrons. The summed E-state index contributed by atoms with van der Waals surface area (Å²) < 4.78 is 0. The second-order valence-electron chi connectivity index (χ2n) is 33.8. The lowest BCUT2D eigenvalue weighted by molar-refractivity contribution is -0.152. The number of carbonyl (C=O) groups excluding carboxylic acids is 15. The number of carboxylic acids is 1. The van der Waals surface area contributed by atoms with Crippen LogP contribution in [0, 0.1) is 10.8 Å². The number of carboxylic acid groups (broad SMARTS) is 1. The Balaban J connectivity index is 1.33. The number of unbranched alkanes of at least 4 members (excludes halogenated alkanes) is 8. The average molecular weight is 1900 g/mol. The number of rotatable bonds is 43. The molecule has 0 aliphatic carbocycles. The van der Waals surface area contributed by atoms with Gasteiger partial charge in [0, 0.05) is 88.3 Å². The van der Waals surface area contributed by atoms with Crippen LogP contribution < -0.4 is 104 Å². The first-order chi connectivity index (χ1) is 63.5. The molecule has 133 heavy (non-hydrogen) atoms. The molecule has 4 fully saturated rings. The number of nitrogens with zero attached hydrogens (tertiary/aromatic N) is 4. The summed E-state index contributed by atoms with van der Waals surface area (Å²) in [6, 6.07) is -11.6. The van der Waals surface area contributed by atoms with Crippen molar-refractivity contribution in [1.29, 1.82) is 10.8 Å². The molecule has 5 heterocycles. The highest BCUT2D eigenvalue weighted by atomic mass is 33.1. The van der Waals surface area contributed by atoms with Crippen molar-refractivity contribution in [3.8, 4) is 11.5 Å². The molecule has 15 amide bonds. The molecule has 0 spiro atoms. The Morgan fingerprint density at radius 2 is 1.11 bits per heavy atom. The monoisotopic (exact) mass is 1900 g/mol. The van der Waals surface area contributed by atoms with Crippen molar-refractivity contribution >= 4 is 128 Å². The summed E-state index contributed by atoms with van der Waals surface area (Å²) in [5, 5.41) is 81.3. The van der Waals surface area contributed by atoms with E-state index < -0.39 is 241 Å². The van der Waals surface area contributed by atoms with Crippen LogP contribution in [0.4, 0.5) is 0 Å². The molecule has 734 valence electrons. The Kier molecular flexibility index (Phi) is 45.5. The number of aliphatic carboxylic acids is 1. The molecule has 0 saturated carbocycles. The van der Waals surface area contributed by atoms with Gasteiger partial charge >= 0.3 is 5.97 Å². The third-order valence-electron chi connectivity index (χ3n) is 23.3.